The lowest BCUT2D eigenvalue weighted by atomic mass is 9.97. The van der Waals surface area contributed by atoms with Crippen LogP contribution in [0.2, 0.25) is 0 Å². The van der Waals surface area contributed by atoms with E-state index in [0.29, 0.717) is 12.5 Å². The van der Waals surface area contributed by atoms with Gasteiger partial charge in [0.05, 0.1) is 0 Å². The Bertz CT molecular complexity index is 436. The van der Waals surface area contributed by atoms with Crippen molar-refractivity contribution in [2.45, 2.75) is 45.3 Å². The van der Waals surface area contributed by atoms with Crippen LogP contribution < -0.4 is 11.1 Å². The van der Waals surface area contributed by atoms with Gasteiger partial charge in [-0.2, -0.15) is 0 Å². The molecule has 0 spiro atoms. The van der Waals surface area contributed by atoms with Gasteiger partial charge in [-0.3, -0.25) is 4.79 Å². The number of carbonyl (C=O) groups excluding carboxylic acids is 1. The van der Waals surface area contributed by atoms with Crippen LogP contribution in [0.5, 0.6) is 0 Å². The average Bonchev–Trinajstić information content (AvgIpc) is 2.95. The Kier molecular flexibility index (Phi) is 5.15. The highest BCUT2D eigenvalue weighted by molar-refractivity contribution is 5.94. The molecular formula is C16H24N2O2. The minimum Gasteiger partial charge on any atom is -0.368 e. The molecule has 2 atom stereocenters. The summed E-state index contributed by atoms with van der Waals surface area (Å²) in [4.78, 5) is 11.9. The standard InChI is InChI=1S/C16H24N2O2/c1-11(2)14(17)10-12-5-7-13(8-6-12)18-16(19)15-4-3-9-20-15/h5-8,11,14-15H,3-4,9-10,17H2,1-2H3,(H,18,19). The minimum atomic E-state index is -0.288. The van der Waals surface area contributed by atoms with Crippen molar-refractivity contribution < 1.29 is 9.53 Å². The Labute approximate surface area is 120 Å². The van der Waals surface area contributed by atoms with Crippen molar-refractivity contribution in [2.24, 2.45) is 11.7 Å². The highest BCUT2D eigenvalue weighted by Crippen LogP contribution is 2.16. The van der Waals surface area contributed by atoms with E-state index >= 15 is 0 Å². The van der Waals surface area contributed by atoms with E-state index in [4.69, 9.17) is 10.5 Å². The molecule has 4 nitrogen and oxygen atoms in total. The van der Waals surface area contributed by atoms with Gasteiger partial charge < -0.3 is 15.8 Å². The van der Waals surface area contributed by atoms with Crippen molar-refractivity contribution in [3.8, 4) is 0 Å². The smallest absolute Gasteiger partial charge is 0.253 e. The van der Waals surface area contributed by atoms with E-state index in [1.54, 1.807) is 0 Å². The predicted molar refractivity (Wildman–Crippen MR) is 80.6 cm³/mol. The molecule has 2 unspecified atom stereocenters. The van der Waals surface area contributed by atoms with Gasteiger partial charge in [0.15, 0.2) is 0 Å². The molecule has 0 saturated carbocycles. The van der Waals surface area contributed by atoms with Crippen LogP contribution in [-0.2, 0) is 16.0 Å². The third-order valence-corrected chi connectivity index (χ3v) is 3.77. The fourth-order valence-electron chi connectivity index (χ4n) is 2.24. The van der Waals surface area contributed by atoms with Gasteiger partial charge in [0.25, 0.3) is 5.91 Å². The van der Waals surface area contributed by atoms with Crippen molar-refractivity contribution in [1.82, 2.24) is 0 Å². The summed E-state index contributed by atoms with van der Waals surface area (Å²) < 4.78 is 5.36. The quantitative estimate of drug-likeness (QED) is 0.867. The van der Waals surface area contributed by atoms with Crippen LogP contribution in [0.25, 0.3) is 0 Å². The first-order valence-electron chi connectivity index (χ1n) is 7.33. The van der Waals surface area contributed by atoms with Crippen LogP contribution >= 0.6 is 0 Å². The molecule has 20 heavy (non-hydrogen) atoms. The monoisotopic (exact) mass is 276 g/mol. The Morgan fingerprint density at radius 2 is 2.10 bits per heavy atom. The maximum atomic E-state index is 11.9. The molecule has 0 radical (unpaired) electrons. The Balaban J connectivity index is 1.89. The molecule has 1 heterocycles. The lowest BCUT2D eigenvalue weighted by molar-refractivity contribution is -0.124. The summed E-state index contributed by atoms with van der Waals surface area (Å²) in [5.74, 6) is 0.419. The first-order chi connectivity index (χ1) is 9.56. The zero-order valence-corrected chi connectivity index (χ0v) is 12.3. The van der Waals surface area contributed by atoms with Gasteiger partial charge >= 0.3 is 0 Å². The molecule has 0 aromatic heterocycles. The van der Waals surface area contributed by atoms with Crippen molar-refractivity contribution in [3.63, 3.8) is 0 Å². The van der Waals surface area contributed by atoms with E-state index < -0.39 is 0 Å². The first-order valence-corrected chi connectivity index (χ1v) is 7.33. The van der Waals surface area contributed by atoms with Gasteiger partial charge in [-0.15, -0.1) is 0 Å². The summed E-state index contributed by atoms with van der Waals surface area (Å²) in [6, 6.07) is 8.06. The molecule has 1 fully saturated rings. The number of ether oxygens (including phenoxy) is 1. The van der Waals surface area contributed by atoms with Crippen LogP contribution in [0.1, 0.15) is 32.3 Å². The van der Waals surface area contributed by atoms with E-state index in [0.717, 1.165) is 24.9 Å². The number of hydrogen-bond acceptors (Lipinski definition) is 3. The number of hydrogen-bond donors (Lipinski definition) is 2. The summed E-state index contributed by atoms with van der Waals surface area (Å²) in [7, 11) is 0. The largest absolute Gasteiger partial charge is 0.368 e. The van der Waals surface area contributed by atoms with E-state index in [2.05, 4.69) is 19.2 Å². The maximum absolute atomic E-state index is 11.9. The van der Waals surface area contributed by atoms with Crippen molar-refractivity contribution >= 4 is 11.6 Å². The lowest BCUT2D eigenvalue weighted by Crippen LogP contribution is -2.28. The van der Waals surface area contributed by atoms with Crippen LogP contribution in [0.4, 0.5) is 5.69 Å². The highest BCUT2D eigenvalue weighted by atomic mass is 16.5. The zero-order valence-electron chi connectivity index (χ0n) is 12.3. The van der Waals surface area contributed by atoms with Crippen LogP contribution in [0, 0.1) is 5.92 Å². The molecule has 1 aliphatic heterocycles. The molecule has 0 bridgehead atoms. The zero-order chi connectivity index (χ0) is 14.5. The Hall–Kier alpha value is -1.39. The van der Waals surface area contributed by atoms with Gasteiger partial charge in [0.2, 0.25) is 0 Å². The third kappa shape index (κ3) is 4.05. The topological polar surface area (TPSA) is 64.3 Å². The molecule has 1 aliphatic rings. The van der Waals surface area contributed by atoms with Crippen LogP contribution in [-0.4, -0.2) is 24.7 Å². The van der Waals surface area contributed by atoms with E-state index in [1.165, 1.54) is 5.56 Å². The second-order valence-electron chi connectivity index (χ2n) is 5.80. The second kappa shape index (κ2) is 6.86. The molecule has 110 valence electrons. The van der Waals surface area contributed by atoms with Crippen molar-refractivity contribution in [2.75, 3.05) is 11.9 Å². The van der Waals surface area contributed by atoms with Crippen molar-refractivity contribution in [1.29, 1.82) is 0 Å². The number of rotatable bonds is 5. The molecule has 1 amide bonds. The number of benzene rings is 1. The molecule has 1 aromatic rings. The third-order valence-electron chi connectivity index (χ3n) is 3.77. The van der Waals surface area contributed by atoms with Gasteiger partial charge in [-0.1, -0.05) is 26.0 Å². The van der Waals surface area contributed by atoms with E-state index in [9.17, 15) is 4.79 Å². The Morgan fingerprint density at radius 3 is 2.65 bits per heavy atom. The number of anilines is 1. The molecular weight excluding hydrogens is 252 g/mol. The van der Waals surface area contributed by atoms with Gasteiger partial charge in [-0.25, -0.2) is 0 Å². The Morgan fingerprint density at radius 1 is 1.40 bits per heavy atom. The number of nitrogens with one attached hydrogen (secondary N) is 1. The van der Waals surface area contributed by atoms with Crippen molar-refractivity contribution in [3.05, 3.63) is 29.8 Å². The fraction of sp³-hybridized carbons (Fsp3) is 0.562. The second-order valence-corrected chi connectivity index (χ2v) is 5.80. The molecule has 1 saturated heterocycles. The van der Waals surface area contributed by atoms with E-state index in [-0.39, 0.29) is 18.1 Å². The number of amides is 1. The van der Waals surface area contributed by atoms with Gasteiger partial charge in [-0.05, 0) is 42.9 Å². The summed E-state index contributed by atoms with van der Waals surface area (Å²) in [5, 5.41) is 2.89. The fourth-order valence-corrected chi connectivity index (χ4v) is 2.24. The first kappa shape index (κ1) is 15.0. The minimum absolute atomic E-state index is 0.0471. The molecule has 1 aromatic carbocycles. The molecule has 0 aliphatic carbocycles. The maximum Gasteiger partial charge on any atom is 0.253 e. The average molecular weight is 276 g/mol. The van der Waals surface area contributed by atoms with Gasteiger partial charge in [0, 0.05) is 18.3 Å². The predicted octanol–water partition coefficient (Wildman–Crippen LogP) is 2.33. The summed E-state index contributed by atoms with van der Waals surface area (Å²) >= 11 is 0. The van der Waals surface area contributed by atoms with Crippen LogP contribution in [0.3, 0.4) is 0 Å². The summed E-state index contributed by atoms with van der Waals surface area (Å²) in [6.07, 6.45) is 2.35. The number of nitrogens with two attached hydrogens (primary N) is 1. The van der Waals surface area contributed by atoms with E-state index in [1.807, 2.05) is 24.3 Å². The van der Waals surface area contributed by atoms with Gasteiger partial charge in [0.1, 0.15) is 6.10 Å². The number of carbonyl (C=O) groups is 1. The lowest BCUT2D eigenvalue weighted by Gasteiger charge is -2.16. The summed E-state index contributed by atoms with van der Waals surface area (Å²) in [6.45, 7) is 4.94. The molecule has 4 heteroatoms. The normalized spacial score (nSPS) is 20.1. The highest BCUT2D eigenvalue weighted by Gasteiger charge is 2.23. The molecule has 2 rings (SSSR count). The molecule has 3 N–H and O–H groups in total. The SMILES string of the molecule is CC(C)C(N)Cc1ccc(NC(=O)C2CCCO2)cc1. The summed E-state index contributed by atoms with van der Waals surface area (Å²) in [5.41, 5.74) is 8.07. The van der Waals surface area contributed by atoms with Crippen LogP contribution in [0.15, 0.2) is 24.3 Å².